The van der Waals surface area contributed by atoms with E-state index in [1.807, 2.05) is 17.8 Å². The molecule has 0 bridgehead atoms. The second-order valence-corrected chi connectivity index (χ2v) is 9.16. The number of carbonyl (C=O) groups is 2. The summed E-state index contributed by atoms with van der Waals surface area (Å²) in [4.78, 5) is 33.3. The van der Waals surface area contributed by atoms with Gasteiger partial charge in [-0.1, -0.05) is 24.6 Å². The highest BCUT2D eigenvalue weighted by molar-refractivity contribution is 6.35. The predicted molar refractivity (Wildman–Crippen MR) is 130 cm³/mol. The standard InChI is InChI=1S/C24H27ClN6O4/c1-2-7-35-24(33)30-6-5-29(12-22(30)26)23(32)15-3-4-18-19(25)9-20(28-21(18)8-15)16-10-27-31(11-16)17-13-34-14-17/h3-4,8-11,17,22H,2,5-7,12-14,26H2,1H3/t22-/m0/s1. The molecule has 1 atom stereocenters. The number of hydrogen-bond acceptors (Lipinski definition) is 7. The van der Waals surface area contributed by atoms with E-state index in [1.54, 1.807) is 35.4 Å². The number of carbonyl (C=O) groups excluding carboxylic acids is 2. The van der Waals surface area contributed by atoms with Crippen LogP contribution in [0, 0.1) is 0 Å². The van der Waals surface area contributed by atoms with Gasteiger partial charge in [0.2, 0.25) is 0 Å². The van der Waals surface area contributed by atoms with Gasteiger partial charge in [0.15, 0.2) is 0 Å². The molecule has 5 rings (SSSR count). The Kier molecular flexibility index (Phi) is 6.59. The van der Waals surface area contributed by atoms with Crippen molar-refractivity contribution in [2.24, 2.45) is 5.73 Å². The Morgan fingerprint density at radius 3 is 2.80 bits per heavy atom. The summed E-state index contributed by atoms with van der Waals surface area (Å²) >= 11 is 6.55. The first kappa shape index (κ1) is 23.5. The van der Waals surface area contributed by atoms with Crippen LogP contribution in [-0.4, -0.2) is 82.2 Å². The normalized spacial score (nSPS) is 18.5. The van der Waals surface area contributed by atoms with Crippen LogP contribution in [0.5, 0.6) is 0 Å². The van der Waals surface area contributed by atoms with Crippen LogP contribution in [0.15, 0.2) is 36.7 Å². The zero-order valence-corrected chi connectivity index (χ0v) is 20.1. The Morgan fingerprint density at radius 2 is 2.09 bits per heavy atom. The van der Waals surface area contributed by atoms with Gasteiger partial charge in [0, 0.05) is 35.8 Å². The number of halogens is 1. The van der Waals surface area contributed by atoms with Gasteiger partial charge in [-0.2, -0.15) is 5.10 Å². The third kappa shape index (κ3) is 4.69. The Balaban J connectivity index is 1.34. The Hall–Kier alpha value is -3.21. The molecule has 4 heterocycles. The van der Waals surface area contributed by atoms with Gasteiger partial charge in [-0.05, 0) is 24.6 Å². The number of nitrogens with zero attached hydrogens (tertiary/aromatic N) is 5. The molecule has 2 fully saturated rings. The maximum atomic E-state index is 13.2. The quantitative estimate of drug-likeness (QED) is 0.575. The number of hydrogen-bond donors (Lipinski definition) is 1. The molecule has 10 nitrogen and oxygen atoms in total. The Labute approximate surface area is 207 Å². The lowest BCUT2D eigenvalue weighted by Gasteiger charge is -2.38. The van der Waals surface area contributed by atoms with Crippen molar-refractivity contribution in [2.75, 3.05) is 39.5 Å². The van der Waals surface area contributed by atoms with E-state index < -0.39 is 12.3 Å². The van der Waals surface area contributed by atoms with E-state index in [0.717, 1.165) is 17.4 Å². The largest absolute Gasteiger partial charge is 0.449 e. The molecule has 2 saturated heterocycles. The molecule has 0 spiro atoms. The van der Waals surface area contributed by atoms with E-state index in [2.05, 4.69) is 5.10 Å². The zero-order valence-electron chi connectivity index (χ0n) is 19.4. The minimum atomic E-state index is -0.630. The number of piperazine rings is 1. The molecule has 2 aromatic heterocycles. The maximum absolute atomic E-state index is 13.2. The number of benzene rings is 1. The van der Waals surface area contributed by atoms with Crippen LogP contribution in [0.4, 0.5) is 4.79 Å². The summed E-state index contributed by atoms with van der Waals surface area (Å²) < 4.78 is 12.3. The number of amides is 2. The van der Waals surface area contributed by atoms with Crippen molar-refractivity contribution in [3.05, 3.63) is 47.2 Å². The number of rotatable bonds is 5. The van der Waals surface area contributed by atoms with Crippen molar-refractivity contribution in [1.29, 1.82) is 0 Å². The van der Waals surface area contributed by atoms with Gasteiger partial charge in [-0.15, -0.1) is 0 Å². The fourth-order valence-corrected chi connectivity index (χ4v) is 4.45. The number of aromatic nitrogens is 3. The van der Waals surface area contributed by atoms with Crippen molar-refractivity contribution >= 4 is 34.5 Å². The SMILES string of the molecule is CCCOC(=O)N1CCN(C(=O)c2ccc3c(Cl)cc(-c4cnn(C5COC5)c4)nc3c2)C[C@H]1N. The van der Waals surface area contributed by atoms with Crippen LogP contribution in [0.3, 0.4) is 0 Å². The van der Waals surface area contributed by atoms with Gasteiger partial charge < -0.3 is 20.1 Å². The fraction of sp³-hybridized carbons (Fsp3) is 0.417. The summed E-state index contributed by atoms with van der Waals surface area (Å²) in [5.74, 6) is -0.176. The molecule has 2 amide bonds. The lowest BCUT2D eigenvalue weighted by Crippen LogP contribution is -2.60. The zero-order chi connectivity index (χ0) is 24.5. The molecule has 2 aliphatic heterocycles. The molecule has 0 radical (unpaired) electrons. The second-order valence-electron chi connectivity index (χ2n) is 8.75. The minimum absolute atomic E-state index is 0.176. The molecule has 3 aromatic rings. The van der Waals surface area contributed by atoms with Crippen LogP contribution in [-0.2, 0) is 9.47 Å². The second kappa shape index (κ2) is 9.80. The molecule has 2 aliphatic rings. The van der Waals surface area contributed by atoms with E-state index in [4.69, 9.17) is 31.8 Å². The maximum Gasteiger partial charge on any atom is 0.411 e. The van der Waals surface area contributed by atoms with E-state index in [-0.39, 0.29) is 18.5 Å². The summed E-state index contributed by atoms with van der Waals surface area (Å²) in [7, 11) is 0. The van der Waals surface area contributed by atoms with E-state index in [0.29, 0.717) is 54.7 Å². The van der Waals surface area contributed by atoms with Crippen molar-refractivity contribution < 1.29 is 19.1 Å². The Morgan fingerprint density at radius 1 is 1.26 bits per heavy atom. The van der Waals surface area contributed by atoms with Crippen LogP contribution in [0.25, 0.3) is 22.2 Å². The van der Waals surface area contributed by atoms with Crippen LogP contribution >= 0.6 is 11.6 Å². The smallest absolute Gasteiger partial charge is 0.411 e. The van der Waals surface area contributed by atoms with Gasteiger partial charge in [0.1, 0.15) is 6.17 Å². The summed E-state index contributed by atoms with van der Waals surface area (Å²) in [6.07, 6.45) is 3.34. The van der Waals surface area contributed by atoms with Gasteiger partial charge in [0.25, 0.3) is 5.91 Å². The highest BCUT2D eigenvalue weighted by Crippen LogP contribution is 2.30. The van der Waals surface area contributed by atoms with Gasteiger partial charge >= 0.3 is 6.09 Å². The van der Waals surface area contributed by atoms with Crippen molar-refractivity contribution in [2.45, 2.75) is 25.6 Å². The third-order valence-corrected chi connectivity index (χ3v) is 6.58. The molecule has 1 aromatic carbocycles. The first-order valence-corrected chi connectivity index (χ1v) is 12.0. The van der Waals surface area contributed by atoms with Gasteiger partial charge in [0.05, 0.1) is 54.8 Å². The van der Waals surface area contributed by atoms with Crippen LogP contribution in [0.1, 0.15) is 29.7 Å². The first-order valence-electron chi connectivity index (χ1n) is 11.7. The average Bonchev–Trinajstić information content (AvgIpc) is 3.30. The number of pyridine rings is 1. The molecular weight excluding hydrogens is 472 g/mol. The predicted octanol–water partition coefficient (Wildman–Crippen LogP) is 2.91. The van der Waals surface area contributed by atoms with Crippen molar-refractivity contribution in [3.63, 3.8) is 0 Å². The summed E-state index contributed by atoms with van der Waals surface area (Å²) in [5, 5.41) is 5.72. The molecule has 2 N–H and O–H groups in total. The molecule has 184 valence electrons. The number of nitrogens with two attached hydrogens (primary N) is 1. The average molecular weight is 499 g/mol. The molecular formula is C24H27ClN6O4. The number of ether oxygens (including phenoxy) is 2. The molecule has 35 heavy (non-hydrogen) atoms. The topological polar surface area (TPSA) is 116 Å². The van der Waals surface area contributed by atoms with Gasteiger partial charge in [-0.25, -0.2) is 9.78 Å². The third-order valence-electron chi connectivity index (χ3n) is 6.27. The highest BCUT2D eigenvalue weighted by Gasteiger charge is 2.31. The summed E-state index contributed by atoms with van der Waals surface area (Å²) in [6, 6.07) is 7.32. The van der Waals surface area contributed by atoms with Crippen molar-refractivity contribution in [3.8, 4) is 11.3 Å². The lowest BCUT2D eigenvalue weighted by molar-refractivity contribution is -0.0286. The number of fused-ring (bicyclic) bond motifs is 1. The summed E-state index contributed by atoms with van der Waals surface area (Å²) in [5.41, 5.74) is 8.79. The molecule has 11 heteroatoms. The summed E-state index contributed by atoms with van der Waals surface area (Å²) in [6.45, 7) is 4.46. The molecule has 0 aliphatic carbocycles. The van der Waals surface area contributed by atoms with Crippen LogP contribution in [0.2, 0.25) is 5.02 Å². The van der Waals surface area contributed by atoms with E-state index in [1.165, 1.54) is 4.90 Å². The monoisotopic (exact) mass is 498 g/mol. The van der Waals surface area contributed by atoms with Gasteiger partial charge in [-0.3, -0.25) is 14.4 Å². The Bertz CT molecular complexity index is 1260. The molecule has 0 saturated carbocycles. The highest BCUT2D eigenvalue weighted by atomic mass is 35.5. The van der Waals surface area contributed by atoms with Crippen molar-refractivity contribution in [1.82, 2.24) is 24.6 Å². The fourth-order valence-electron chi connectivity index (χ4n) is 4.19. The van der Waals surface area contributed by atoms with E-state index in [9.17, 15) is 9.59 Å². The van der Waals surface area contributed by atoms with Crippen LogP contribution < -0.4 is 5.73 Å². The minimum Gasteiger partial charge on any atom is -0.449 e. The first-order chi connectivity index (χ1) is 16.9. The molecule has 0 unspecified atom stereocenters. The van der Waals surface area contributed by atoms with E-state index >= 15 is 0 Å². The lowest BCUT2D eigenvalue weighted by atomic mass is 10.1.